The number of hydrogen-bond donors (Lipinski definition) is 2. The van der Waals surface area contributed by atoms with Gasteiger partial charge in [-0.1, -0.05) is 11.1 Å². The highest BCUT2D eigenvalue weighted by Gasteiger charge is 2.27. The van der Waals surface area contributed by atoms with Crippen LogP contribution in [0.25, 0.3) is 16.7 Å². The number of nitrogens with two attached hydrogens (primary N) is 1. The molecule has 3 N–H and O–H groups in total. The first-order chi connectivity index (χ1) is 13.0. The summed E-state index contributed by atoms with van der Waals surface area (Å²) in [5, 5.41) is 2.93. The van der Waals surface area contributed by atoms with Gasteiger partial charge in [0.1, 0.15) is 10.9 Å². The molecule has 0 spiro atoms. The normalized spacial score (nSPS) is 16.9. The zero-order valence-electron chi connectivity index (χ0n) is 15.4. The Bertz CT molecular complexity index is 1120. The van der Waals surface area contributed by atoms with Gasteiger partial charge in [-0.3, -0.25) is 14.0 Å². The van der Waals surface area contributed by atoms with Gasteiger partial charge in [-0.05, 0) is 31.9 Å². The number of carbonyl (C=O) groups is 1. The van der Waals surface area contributed by atoms with Crippen molar-refractivity contribution in [2.75, 3.05) is 19.4 Å². The Morgan fingerprint density at radius 2 is 2.33 bits per heavy atom. The topological polar surface area (TPSA) is 103 Å². The Kier molecular flexibility index (Phi) is 4.27. The monoisotopic (exact) mass is 368 g/mol. The van der Waals surface area contributed by atoms with E-state index in [1.165, 1.54) is 17.5 Å². The molecule has 1 saturated heterocycles. The number of carbonyl (C=O) groups excluding carboxylic acids is 1. The fourth-order valence-electron chi connectivity index (χ4n) is 3.60. The molecule has 1 fully saturated rings. The molecule has 3 aromatic rings. The van der Waals surface area contributed by atoms with Gasteiger partial charge in [0.25, 0.3) is 17.1 Å². The first-order valence-electron chi connectivity index (χ1n) is 8.99. The zero-order valence-corrected chi connectivity index (χ0v) is 15.4. The Hall–Kier alpha value is -3.00. The Balaban J connectivity index is 2.07. The van der Waals surface area contributed by atoms with Crippen LogP contribution in [0, 0.1) is 6.92 Å². The van der Waals surface area contributed by atoms with Crippen LogP contribution in [0.2, 0.25) is 0 Å². The molecule has 0 saturated carbocycles. The summed E-state index contributed by atoms with van der Waals surface area (Å²) < 4.78 is 8.98. The second kappa shape index (κ2) is 6.62. The highest BCUT2D eigenvalue weighted by atomic mass is 16.5. The number of aryl methyl sites for hydroxylation is 1. The zero-order chi connectivity index (χ0) is 19.1. The van der Waals surface area contributed by atoms with Crippen LogP contribution in [0.5, 0.6) is 0 Å². The minimum atomic E-state index is -0.343. The number of fused-ring (bicyclic) bond motifs is 2. The van der Waals surface area contributed by atoms with E-state index in [0.717, 1.165) is 18.4 Å². The molecule has 8 heteroatoms. The fourth-order valence-corrected chi connectivity index (χ4v) is 3.60. The number of ether oxygens (including phenoxy) is 1. The van der Waals surface area contributed by atoms with Gasteiger partial charge in [0.05, 0.1) is 12.6 Å². The second-order valence-corrected chi connectivity index (χ2v) is 6.81. The summed E-state index contributed by atoms with van der Waals surface area (Å²) in [4.78, 5) is 30.2. The van der Waals surface area contributed by atoms with Crippen LogP contribution in [0.15, 0.2) is 29.2 Å². The smallest absolute Gasteiger partial charge is 0.278 e. The third-order valence-corrected chi connectivity index (χ3v) is 5.06. The molecule has 4 rings (SSSR count). The highest BCUT2D eigenvalue weighted by Crippen LogP contribution is 2.18. The molecule has 140 valence electrons. The maximum absolute atomic E-state index is 13.1. The van der Waals surface area contributed by atoms with Gasteiger partial charge in [0.15, 0.2) is 0 Å². The number of pyridine rings is 2. The summed E-state index contributed by atoms with van der Waals surface area (Å²) in [6.07, 6.45) is 3.55. The number of aromatic nitrogens is 3. The van der Waals surface area contributed by atoms with Crippen molar-refractivity contribution in [3.63, 3.8) is 0 Å². The van der Waals surface area contributed by atoms with Crippen LogP contribution in [0.3, 0.4) is 0 Å². The highest BCUT2D eigenvalue weighted by molar-refractivity contribution is 6.00. The van der Waals surface area contributed by atoms with E-state index >= 15 is 0 Å². The summed E-state index contributed by atoms with van der Waals surface area (Å²) in [5.74, 6) is -0.0635. The predicted molar refractivity (Wildman–Crippen MR) is 101 cm³/mol. The van der Waals surface area contributed by atoms with Crippen LogP contribution >= 0.6 is 0 Å². The number of amides is 1. The van der Waals surface area contributed by atoms with Gasteiger partial charge in [-0.25, -0.2) is 4.57 Å². The third-order valence-electron chi connectivity index (χ3n) is 5.06. The molecule has 4 heterocycles. The Labute approximate surface area is 155 Å². The molecule has 0 aliphatic carbocycles. The van der Waals surface area contributed by atoms with E-state index < -0.39 is 0 Å². The molecule has 8 nitrogen and oxygen atoms in total. The van der Waals surface area contributed by atoms with E-state index in [0.29, 0.717) is 29.8 Å². The molecule has 1 atom stereocenters. The lowest BCUT2D eigenvalue weighted by molar-refractivity contribution is -0.666. The standard InChI is InChI=1S/C19H21N5O3/c1-11-5-3-7-23-16(11)22-17-14(19(23)26)9-13(18(25)21-2)15(20)24(17)10-12-6-4-8-27-12/h3,5,7,9,12,20H,4,6,8,10H2,1-2H3,(H,21,25)/p+1/t12-/m0/s1. The van der Waals surface area contributed by atoms with E-state index in [-0.39, 0.29) is 29.0 Å². The van der Waals surface area contributed by atoms with Crippen molar-refractivity contribution in [1.29, 1.82) is 0 Å². The van der Waals surface area contributed by atoms with Crippen molar-refractivity contribution in [2.24, 2.45) is 0 Å². The van der Waals surface area contributed by atoms with Gasteiger partial charge in [-0.15, -0.1) is 0 Å². The van der Waals surface area contributed by atoms with Gasteiger partial charge in [-0.2, -0.15) is 0 Å². The molecule has 1 amide bonds. The van der Waals surface area contributed by atoms with Crippen molar-refractivity contribution in [2.45, 2.75) is 32.4 Å². The van der Waals surface area contributed by atoms with Gasteiger partial charge in [0, 0.05) is 25.4 Å². The van der Waals surface area contributed by atoms with Crippen LogP contribution in [-0.2, 0) is 11.3 Å². The number of anilines is 1. The average molecular weight is 368 g/mol. The summed E-state index contributed by atoms with van der Waals surface area (Å²) in [7, 11) is 1.53. The first kappa shape index (κ1) is 17.4. The minimum absolute atomic E-state index is 0.0161. The molecular weight excluding hydrogens is 346 g/mol. The number of nitrogen functional groups attached to an aromatic ring is 1. The van der Waals surface area contributed by atoms with Crippen molar-refractivity contribution in [3.8, 4) is 0 Å². The van der Waals surface area contributed by atoms with Crippen LogP contribution in [-0.4, -0.2) is 35.1 Å². The lowest BCUT2D eigenvalue weighted by Crippen LogP contribution is -2.46. The van der Waals surface area contributed by atoms with Gasteiger partial charge in [0.2, 0.25) is 11.5 Å². The molecule has 0 bridgehead atoms. The average Bonchev–Trinajstić information content (AvgIpc) is 3.18. The minimum Gasteiger partial charge on any atom is -0.375 e. The predicted octanol–water partition coefficient (Wildman–Crippen LogP) is 0.564. The molecule has 27 heavy (non-hydrogen) atoms. The van der Waals surface area contributed by atoms with Crippen molar-refractivity contribution < 1.29 is 14.1 Å². The number of nitrogens with one attached hydrogen (secondary N) is 1. The fraction of sp³-hybridized carbons (Fsp3) is 0.368. The molecule has 1 aliphatic heterocycles. The van der Waals surface area contributed by atoms with E-state index in [2.05, 4.69) is 5.32 Å². The molecule has 0 radical (unpaired) electrons. The van der Waals surface area contributed by atoms with E-state index in [9.17, 15) is 9.59 Å². The maximum Gasteiger partial charge on any atom is 0.278 e. The third kappa shape index (κ3) is 2.82. The Morgan fingerprint density at radius 1 is 1.52 bits per heavy atom. The largest absolute Gasteiger partial charge is 0.375 e. The van der Waals surface area contributed by atoms with Crippen molar-refractivity contribution in [3.05, 3.63) is 45.9 Å². The Morgan fingerprint density at radius 3 is 3.04 bits per heavy atom. The molecular formula is C19H22N5O3+. The van der Waals surface area contributed by atoms with Crippen LogP contribution < -0.4 is 21.2 Å². The van der Waals surface area contributed by atoms with E-state index in [1.54, 1.807) is 16.8 Å². The van der Waals surface area contributed by atoms with E-state index in [1.807, 2.05) is 13.0 Å². The van der Waals surface area contributed by atoms with Crippen LogP contribution in [0.4, 0.5) is 5.82 Å². The lowest BCUT2D eigenvalue weighted by Gasteiger charge is -2.14. The maximum atomic E-state index is 13.1. The molecule has 1 aliphatic rings. The molecule has 0 unspecified atom stereocenters. The molecule has 0 aromatic carbocycles. The van der Waals surface area contributed by atoms with E-state index in [4.69, 9.17) is 15.5 Å². The molecule has 3 aromatic heterocycles. The number of rotatable bonds is 3. The number of nitrogens with zero attached hydrogens (tertiary/aromatic N) is 3. The second-order valence-electron chi connectivity index (χ2n) is 6.81. The summed E-state index contributed by atoms with van der Waals surface area (Å²) in [6, 6.07) is 5.23. The summed E-state index contributed by atoms with van der Waals surface area (Å²) in [6.45, 7) is 3.05. The quantitative estimate of drug-likeness (QED) is 0.520. The summed E-state index contributed by atoms with van der Waals surface area (Å²) >= 11 is 0. The van der Waals surface area contributed by atoms with Crippen molar-refractivity contribution >= 4 is 28.4 Å². The number of hydrogen-bond acceptors (Lipinski definition) is 5. The first-order valence-corrected chi connectivity index (χ1v) is 8.99. The lowest BCUT2D eigenvalue weighted by atomic mass is 10.1. The van der Waals surface area contributed by atoms with Gasteiger partial charge >= 0.3 is 0 Å². The SMILES string of the molecule is CNC(=O)c1cc2c(=O)n3cccc(C)c3nc2[n+](C[C@@H]2CCCO2)c1N. The van der Waals surface area contributed by atoms with Gasteiger partial charge < -0.3 is 15.8 Å². The summed E-state index contributed by atoms with van der Waals surface area (Å²) in [5.41, 5.74) is 8.28. The van der Waals surface area contributed by atoms with Crippen LogP contribution in [0.1, 0.15) is 28.8 Å². The van der Waals surface area contributed by atoms with Crippen molar-refractivity contribution in [1.82, 2.24) is 14.7 Å².